The molecule has 0 unspecified atom stereocenters. The normalized spacial score (nSPS) is 23.3. The number of carbonyl (C=O) groups is 1. The van der Waals surface area contributed by atoms with Gasteiger partial charge in [-0.2, -0.15) is 9.97 Å². The summed E-state index contributed by atoms with van der Waals surface area (Å²) >= 11 is 6.75. The summed E-state index contributed by atoms with van der Waals surface area (Å²) in [6.07, 6.45) is 2.45. The van der Waals surface area contributed by atoms with Crippen molar-refractivity contribution in [1.29, 1.82) is 0 Å². The second-order valence-electron chi connectivity index (χ2n) is 19.5. The van der Waals surface area contributed by atoms with Crippen molar-refractivity contribution in [1.82, 2.24) is 24.8 Å². The number of ether oxygens (including phenoxy) is 2. The van der Waals surface area contributed by atoms with Gasteiger partial charge in [0.1, 0.15) is 37.8 Å². The van der Waals surface area contributed by atoms with Crippen LogP contribution in [0.3, 0.4) is 0 Å². The molecule has 4 aromatic rings. The third-order valence-electron chi connectivity index (χ3n) is 13.8. The van der Waals surface area contributed by atoms with Crippen molar-refractivity contribution < 1.29 is 23.0 Å². The van der Waals surface area contributed by atoms with E-state index in [4.69, 9.17) is 36.0 Å². The maximum absolute atomic E-state index is 16.7. The van der Waals surface area contributed by atoms with E-state index in [9.17, 15) is 9.18 Å². The van der Waals surface area contributed by atoms with E-state index in [0.717, 1.165) is 54.1 Å². The molecular weight excluding hydrogens is 798 g/mol. The SMILES string of the molecule is CC(C)[Si](C#Cc1cccc2cccc(-c3nc(Cl)c(F)c4nc(OC[C@@]56CCCN5C[C@H](F)C6)nc(N5C[C@H]6CC[C@@H](C5)N6C(=O)OC(C)(C)C)c34)c12)(C(C)C)C(C)C. The Balaban J connectivity index is 1.30. The first kappa shape index (κ1) is 42.6. The summed E-state index contributed by atoms with van der Waals surface area (Å²) in [7, 11) is -2.11. The molecule has 4 aliphatic heterocycles. The number of benzene rings is 2. The van der Waals surface area contributed by atoms with Gasteiger partial charge in [0.2, 0.25) is 0 Å². The highest BCUT2D eigenvalue weighted by Gasteiger charge is 2.50. The third-order valence-corrected chi connectivity index (χ3v) is 20.3. The lowest BCUT2D eigenvalue weighted by molar-refractivity contribution is 0.0122. The molecule has 0 saturated carbocycles. The molecule has 0 spiro atoms. The number of hydrogen-bond donors (Lipinski definition) is 0. The molecule has 2 bridgehead atoms. The lowest BCUT2D eigenvalue weighted by Crippen LogP contribution is -2.57. The summed E-state index contributed by atoms with van der Waals surface area (Å²) in [5.74, 6) is 3.38. The zero-order chi connectivity index (χ0) is 42.9. The van der Waals surface area contributed by atoms with Crippen LogP contribution >= 0.6 is 11.6 Å². The van der Waals surface area contributed by atoms with Crippen LogP contribution in [0.2, 0.25) is 21.8 Å². The Bertz CT molecular complexity index is 2340. The Morgan fingerprint density at radius 1 is 0.967 bits per heavy atom. The smallest absolute Gasteiger partial charge is 0.410 e. The largest absolute Gasteiger partial charge is 0.461 e. The number of fused-ring (bicyclic) bond motifs is 5. The standard InChI is InChI=1S/C47H59ClF2N6O3Si/c1-28(2)60(29(3)4,30(5)6)22-19-32-14-10-13-31-15-11-16-36(37(31)32)40-38-41(39(50)42(48)51-40)52-44(58-27-47-20-12-21-55(47)24-33(49)23-47)53-43(38)54-25-34-17-18-35(26-54)56(34)45(57)59-46(7,8)9/h10-11,13-16,28-30,33-35H,12,17-18,20-21,23-27H2,1-9H3/t33-,34-,35+,47+/m1/s1. The van der Waals surface area contributed by atoms with Gasteiger partial charge < -0.3 is 14.4 Å². The van der Waals surface area contributed by atoms with Gasteiger partial charge in [-0.3, -0.25) is 9.80 Å². The van der Waals surface area contributed by atoms with Crippen molar-refractivity contribution in [2.75, 3.05) is 37.7 Å². The van der Waals surface area contributed by atoms with Gasteiger partial charge in [0, 0.05) is 42.6 Å². The Labute approximate surface area is 359 Å². The highest BCUT2D eigenvalue weighted by molar-refractivity contribution is 6.90. The quantitative estimate of drug-likeness (QED) is 0.0984. The minimum atomic E-state index is -2.11. The molecule has 0 radical (unpaired) electrons. The lowest BCUT2D eigenvalue weighted by atomic mass is 9.95. The number of carbonyl (C=O) groups excluding carboxylic acids is 1. The molecule has 4 fully saturated rings. The number of rotatable bonds is 8. The van der Waals surface area contributed by atoms with Crippen LogP contribution in [-0.4, -0.2) is 101 Å². The van der Waals surface area contributed by atoms with Crippen molar-refractivity contribution in [2.45, 2.75) is 140 Å². The number of halogens is 3. The molecule has 60 heavy (non-hydrogen) atoms. The van der Waals surface area contributed by atoms with Crippen molar-refractivity contribution >= 4 is 53.3 Å². The van der Waals surface area contributed by atoms with Gasteiger partial charge in [-0.05, 0) is 81.1 Å². The minimum Gasteiger partial charge on any atom is -0.461 e. The molecule has 2 aromatic heterocycles. The number of alkyl halides is 1. The Morgan fingerprint density at radius 3 is 2.28 bits per heavy atom. The Kier molecular flexibility index (Phi) is 11.4. The van der Waals surface area contributed by atoms with Crippen molar-refractivity contribution in [2.24, 2.45) is 0 Å². The second-order valence-corrected chi connectivity index (χ2v) is 25.5. The number of anilines is 1. The highest BCUT2D eigenvalue weighted by Crippen LogP contribution is 2.45. The average molecular weight is 858 g/mol. The van der Waals surface area contributed by atoms with Crippen LogP contribution in [0, 0.1) is 17.3 Å². The number of nitrogens with zero attached hydrogens (tertiary/aromatic N) is 6. The van der Waals surface area contributed by atoms with Crippen LogP contribution in [0.5, 0.6) is 6.01 Å². The number of piperazine rings is 1. The summed E-state index contributed by atoms with van der Waals surface area (Å²) in [5, 5.41) is 1.96. The minimum absolute atomic E-state index is 0.00287. The fourth-order valence-electron chi connectivity index (χ4n) is 11.2. The highest BCUT2D eigenvalue weighted by atomic mass is 35.5. The van der Waals surface area contributed by atoms with Gasteiger partial charge in [0.25, 0.3) is 0 Å². The maximum atomic E-state index is 16.7. The predicted molar refractivity (Wildman–Crippen MR) is 239 cm³/mol. The van der Waals surface area contributed by atoms with E-state index in [1.807, 2.05) is 43.9 Å². The van der Waals surface area contributed by atoms with Crippen LogP contribution < -0.4 is 9.64 Å². The fourth-order valence-corrected chi connectivity index (χ4v) is 16.6. The van der Waals surface area contributed by atoms with Gasteiger partial charge >= 0.3 is 12.1 Å². The molecule has 4 saturated heterocycles. The van der Waals surface area contributed by atoms with Crippen molar-refractivity contribution in [3.05, 3.63) is 52.9 Å². The molecule has 4 atom stereocenters. The third kappa shape index (κ3) is 7.51. The number of hydrogen-bond acceptors (Lipinski definition) is 8. The van der Waals surface area contributed by atoms with Crippen molar-refractivity contribution in [3.63, 3.8) is 0 Å². The second kappa shape index (κ2) is 16.0. The van der Waals surface area contributed by atoms with E-state index in [-0.39, 0.29) is 41.5 Å². The first-order valence-electron chi connectivity index (χ1n) is 21.8. The predicted octanol–water partition coefficient (Wildman–Crippen LogP) is 10.8. The Morgan fingerprint density at radius 2 is 1.63 bits per heavy atom. The summed E-state index contributed by atoms with van der Waals surface area (Å²) in [6.45, 7) is 21.7. The molecule has 0 N–H and O–H groups in total. The first-order chi connectivity index (χ1) is 28.4. The van der Waals surface area contributed by atoms with Gasteiger partial charge in [0.05, 0.1) is 28.7 Å². The van der Waals surface area contributed by atoms with Gasteiger partial charge in [-0.15, -0.1) is 5.54 Å². The van der Waals surface area contributed by atoms with Crippen LogP contribution in [0.4, 0.5) is 19.4 Å². The molecular formula is C47H59ClF2N6O3Si. The van der Waals surface area contributed by atoms with Crippen LogP contribution in [0.1, 0.15) is 100.0 Å². The van der Waals surface area contributed by atoms with E-state index in [1.54, 1.807) is 0 Å². The molecule has 0 aliphatic carbocycles. The van der Waals surface area contributed by atoms with E-state index in [2.05, 4.69) is 81.0 Å². The number of pyridine rings is 1. The molecule has 9 nitrogen and oxygen atoms in total. The summed E-state index contributed by atoms with van der Waals surface area (Å²) in [5.41, 5.74) is 6.20. The van der Waals surface area contributed by atoms with E-state index >= 15 is 4.39 Å². The molecule has 2 aromatic carbocycles. The monoisotopic (exact) mass is 856 g/mol. The zero-order valence-electron chi connectivity index (χ0n) is 36.5. The molecule has 6 heterocycles. The van der Waals surface area contributed by atoms with Gasteiger partial charge in [0.15, 0.2) is 11.0 Å². The molecule has 1 amide bonds. The lowest BCUT2D eigenvalue weighted by Gasteiger charge is -2.42. The Hall–Kier alpha value is -4.05. The topological polar surface area (TPSA) is 83.9 Å². The summed E-state index contributed by atoms with van der Waals surface area (Å²) in [4.78, 5) is 34.4. The molecule has 8 rings (SSSR count). The van der Waals surface area contributed by atoms with Gasteiger partial charge in [-0.1, -0.05) is 89.4 Å². The van der Waals surface area contributed by atoms with Crippen LogP contribution in [0.25, 0.3) is 32.9 Å². The maximum Gasteiger partial charge on any atom is 0.410 e. The van der Waals surface area contributed by atoms with Crippen LogP contribution in [0.15, 0.2) is 36.4 Å². The fraction of sp³-hybridized carbons (Fsp3) is 0.574. The summed E-state index contributed by atoms with van der Waals surface area (Å²) < 4.78 is 43.8. The number of aromatic nitrogens is 3. The molecule has 13 heteroatoms. The van der Waals surface area contributed by atoms with E-state index in [0.29, 0.717) is 59.6 Å². The van der Waals surface area contributed by atoms with E-state index in [1.165, 1.54) is 0 Å². The molecule has 4 aliphatic rings. The van der Waals surface area contributed by atoms with Crippen LogP contribution in [-0.2, 0) is 4.74 Å². The zero-order valence-corrected chi connectivity index (χ0v) is 38.3. The first-order valence-corrected chi connectivity index (χ1v) is 24.4. The number of amides is 1. The van der Waals surface area contributed by atoms with Gasteiger partial charge in [-0.25, -0.2) is 18.6 Å². The average Bonchev–Trinajstić information content (AvgIpc) is 3.80. The van der Waals surface area contributed by atoms with E-state index < -0.39 is 31.2 Å². The molecule has 320 valence electrons. The van der Waals surface area contributed by atoms with Crippen molar-refractivity contribution in [3.8, 4) is 28.7 Å². The summed E-state index contributed by atoms with van der Waals surface area (Å²) in [6, 6.07) is 11.9.